The van der Waals surface area contributed by atoms with Crippen LogP contribution in [0.1, 0.15) is 38.3 Å². The highest BCUT2D eigenvalue weighted by molar-refractivity contribution is 5.39. The van der Waals surface area contributed by atoms with E-state index in [0.29, 0.717) is 13.0 Å². The van der Waals surface area contributed by atoms with E-state index in [1.165, 1.54) is 11.1 Å². The van der Waals surface area contributed by atoms with Crippen LogP contribution in [-0.2, 0) is 5.41 Å². The van der Waals surface area contributed by atoms with Gasteiger partial charge in [0, 0.05) is 24.9 Å². The van der Waals surface area contributed by atoms with E-state index >= 15 is 0 Å². The fraction of sp³-hybridized carbons (Fsp3) is 0.562. The maximum atomic E-state index is 8.53. The number of benzene rings is 1. The van der Waals surface area contributed by atoms with Gasteiger partial charge in [0.2, 0.25) is 0 Å². The first-order valence-electron chi connectivity index (χ1n) is 6.83. The molecule has 0 fully saturated rings. The van der Waals surface area contributed by atoms with Crippen molar-refractivity contribution in [3.63, 3.8) is 0 Å². The lowest BCUT2D eigenvalue weighted by Gasteiger charge is -2.26. The number of nitriles is 1. The zero-order chi connectivity index (χ0) is 14.3. The first kappa shape index (κ1) is 15.5. The van der Waals surface area contributed by atoms with Crippen molar-refractivity contribution < 1.29 is 4.74 Å². The van der Waals surface area contributed by atoms with E-state index in [9.17, 15) is 0 Å². The third kappa shape index (κ3) is 4.57. The van der Waals surface area contributed by atoms with Crippen LogP contribution in [0.15, 0.2) is 18.2 Å². The topological polar surface area (TPSA) is 45.0 Å². The highest BCUT2D eigenvalue weighted by Crippen LogP contribution is 2.27. The third-order valence-electron chi connectivity index (χ3n) is 3.24. The molecule has 0 aliphatic carbocycles. The van der Waals surface area contributed by atoms with Gasteiger partial charge in [0.25, 0.3) is 0 Å². The lowest BCUT2D eigenvalue weighted by atomic mass is 9.83. The van der Waals surface area contributed by atoms with Crippen LogP contribution in [-0.4, -0.2) is 19.7 Å². The highest BCUT2D eigenvalue weighted by Gasteiger charge is 2.20. The molecule has 0 radical (unpaired) electrons. The van der Waals surface area contributed by atoms with Crippen molar-refractivity contribution in [3.05, 3.63) is 29.3 Å². The molecular formula is C16H24N2O. The van der Waals surface area contributed by atoms with Crippen LogP contribution in [0.25, 0.3) is 0 Å². The molecule has 0 bridgehead atoms. The summed E-state index contributed by atoms with van der Waals surface area (Å²) in [4.78, 5) is 0. The molecule has 104 valence electrons. The summed E-state index contributed by atoms with van der Waals surface area (Å²) in [6.07, 6.45) is 0.554. The number of rotatable bonds is 7. The van der Waals surface area contributed by atoms with E-state index in [1.54, 1.807) is 0 Å². The summed E-state index contributed by atoms with van der Waals surface area (Å²) in [6.45, 7) is 10.8. The maximum absolute atomic E-state index is 8.53. The Hall–Kier alpha value is -1.53. The Morgan fingerprint density at radius 3 is 2.68 bits per heavy atom. The minimum Gasteiger partial charge on any atom is -0.494 e. The molecule has 1 aromatic rings. The van der Waals surface area contributed by atoms with Crippen molar-refractivity contribution in [1.82, 2.24) is 5.32 Å². The number of nitrogens with one attached hydrogen (secondary N) is 1. The average Bonchev–Trinajstić information content (AvgIpc) is 2.37. The van der Waals surface area contributed by atoms with Crippen LogP contribution < -0.4 is 10.1 Å². The molecule has 3 heteroatoms. The first-order valence-corrected chi connectivity index (χ1v) is 6.83. The molecule has 0 heterocycles. The van der Waals surface area contributed by atoms with Crippen LogP contribution in [0, 0.1) is 18.3 Å². The smallest absolute Gasteiger partial charge is 0.122 e. The number of ether oxygens (including phenoxy) is 1. The number of hydrogen-bond acceptors (Lipinski definition) is 3. The van der Waals surface area contributed by atoms with E-state index in [2.05, 4.69) is 44.3 Å². The van der Waals surface area contributed by atoms with Crippen molar-refractivity contribution in [2.75, 3.05) is 19.7 Å². The highest BCUT2D eigenvalue weighted by atomic mass is 16.5. The summed E-state index contributed by atoms with van der Waals surface area (Å²) < 4.78 is 5.57. The maximum Gasteiger partial charge on any atom is 0.122 e. The van der Waals surface area contributed by atoms with Gasteiger partial charge in [0.05, 0.1) is 12.7 Å². The Labute approximate surface area is 116 Å². The molecule has 3 nitrogen and oxygen atoms in total. The van der Waals surface area contributed by atoms with E-state index in [0.717, 1.165) is 18.8 Å². The second-order valence-electron chi connectivity index (χ2n) is 5.38. The lowest BCUT2D eigenvalue weighted by molar-refractivity contribution is 0.337. The summed E-state index contributed by atoms with van der Waals surface area (Å²) in [5, 5.41) is 11.9. The number of aryl methyl sites for hydroxylation is 1. The molecular weight excluding hydrogens is 236 g/mol. The molecule has 0 saturated heterocycles. The Bertz CT molecular complexity index is 447. The molecule has 0 saturated carbocycles. The molecule has 0 aromatic heterocycles. The Kier molecular flexibility index (Phi) is 5.85. The fourth-order valence-electron chi connectivity index (χ4n) is 2.04. The molecule has 1 N–H and O–H groups in total. The Morgan fingerprint density at radius 1 is 1.37 bits per heavy atom. The van der Waals surface area contributed by atoms with Crippen molar-refractivity contribution in [1.29, 1.82) is 5.26 Å². The van der Waals surface area contributed by atoms with Crippen molar-refractivity contribution in [2.45, 2.75) is 39.5 Å². The zero-order valence-corrected chi connectivity index (χ0v) is 12.4. The van der Waals surface area contributed by atoms with Gasteiger partial charge in [-0.05, 0) is 31.0 Å². The third-order valence-corrected chi connectivity index (χ3v) is 3.24. The Morgan fingerprint density at radius 2 is 2.11 bits per heavy atom. The standard InChI is InChI=1S/C16H24N2O/c1-5-19-15-8-7-14(11-13(15)2)16(3,4)12-18-10-6-9-17/h7-8,11,18H,5-6,10,12H2,1-4H3. The summed E-state index contributed by atoms with van der Waals surface area (Å²) in [5.74, 6) is 0.958. The van der Waals surface area contributed by atoms with Crippen LogP contribution in [0.2, 0.25) is 0 Å². The van der Waals surface area contributed by atoms with Crippen LogP contribution >= 0.6 is 0 Å². The molecule has 0 aliphatic rings. The quantitative estimate of drug-likeness (QED) is 0.766. The van der Waals surface area contributed by atoms with Gasteiger partial charge < -0.3 is 10.1 Å². The van der Waals surface area contributed by atoms with Crippen LogP contribution in [0.3, 0.4) is 0 Å². The molecule has 1 rings (SSSR count). The molecule has 0 atom stereocenters. The van der Waals surface area contributed by atoms with Crippen molar-refractivity contribution in [3.8, 4) is 11.8 Å². The zero-order valence-electron chi connectivity index (χ0n) is 12.4. The molecule has 0 unspecified atom stereocenters. The predicted molar refractivity (Wildman–Crippen MR) is 78.5 cm³/mol. The second kappa shape index (κ2) is 7.16. The van der Waals surface area contributed by atoms with E-state index in [1.807, 2.05) is 13.0 Å². The normalized spacial score (nSPS) is 11.1. The van der Waals surface area contributed by atoms with Crippen LogP contribution in [0.4, 0.5) is 0 Å². The number of hydrogen-bond donors (Lipinski definition) is 1. The van der Waals surface area contributed by atoms with Crippen molar-refractivity contribution in [2.24, 2.45) is 0 Å². The van der Waals surface area contributed by atoms with E-state index < -0.39 is 0 Å². The fourth-order valence-corrected chi connectivity index (χ4v) is 2.04. The number of nitrogens with zero attached hydrogens (tertiary/aromatic N) is 1. The molecule has 1 aromatic carbocycles. The van der Waals surface area contributed by atoms with Gasteiger partial charge in [-0.15, -0.1) is 0 Å². The average molecular weight is 260 g/mol. The van der Waals surface area contributed by atoms with Gasteiger partial charge in [0.15, 0.2) is 0 Å². The predicted octanol–water partition coefficient (Wildman–Crippen LogP) is 3.17. The minimum atomic E-state index is 0.0466. The van der Waals surface area contributed by atoms with E-state index in [4.69, 9.17) is 10.00 Å². The first-order chi connectivity index (χ1) is 9.01. The van der Waals surface area contributed by atoms with Gasteiger partial charge in [-0.2, -0.15) is 5.26 Å². The largest absolute Gasteiger partial charge is 0.494 e. The van der Waals surface area contributed by atoms with Gasteiger partial charge in [0.1, 0.15) is 5.75 Å². The van der Waals surface area contributed by atoms with E-state index in [-0.39, 0.29) is 5.41 Å². The summed E-state index contributed by atoms with van der Waals surface area (Å²) in [7, 11) is 0. The SMILES string of the molecule is CCOc1ccc(C(C)(C)CNCCC#N)cc1C. The summed E-state index contributed by atoms with van der Waals surface area (Å²) in [5.41, 5.74) is 2.51. The monoisotopic (exact) mass is 260 g/mol. The van der Waals surface area contributed by atoms with Gasteiger partial charge in [-0.25, -0.2) is 0 Å². The van der Waals surface area contributed by atoms with Crippen molar-refractivity contribution >= 4 is 0 Å². The second-order valence-corrected chi connectivity index (χ2v) is 5.38. The van der Waals surface area contributed by atoms with Gasteiger partial charge in [-0.1, -0.05) is 26.0 Å². The lowest BCUT2D eigenvalue weighted by Crippen LogP contribution is -2.33. The molecule has 0 amide bonds. The van der Waals surface area contributed by atoms with Gasteiger partial charge in [-0.3, -0.25) is 0 Å². The van der Waals surface area contributed by atoms with Gasteiger partial charge >= 0.3 is 0 Å². The molecule has 0 aliphatic heterocycles. The summed E-state index contributed by atoms with van der Waals surface area (Å²) in [6, 6.07) is 8.51. The summed E-state index contributed by atoms with van der Waals surface area (Å²) >= 11 is 0. The minimum absolute atomic E-state index is 0.0466. The van der Waals surface area contributed by atoms with Crippen LogP contribution in [0.5, 0.6) is 5.75 Å². The molecule has 0 spiro atoms. The Balaban J connectivity index is 2.72. The molecule has 19 heavy (non-hydrogen) atoms.